The Hall–Kier alpha value is -1.23. The Kier molecular flexibility index (Phi) is 6.15. The van der Waals surface area contributed by atoms with Crippen molar-refractivity contribution in [3.05, 3.63) is 29.8 Å². The summed E-state index contributed by atoms with van der Waals surface area (Å²) in [6, 6.07) is 6.11. The topological polar surface area (TPSA) is 21.3 Å². The smallest absolute Gasteiger partial charge is 0.406 e. The third-order valence-corrected chi connectivity index (χ3v) is 2.84. The predicted octanol–water partition coefficient (Wildman–Crippen LogP) is 4.43. The van der Waals surface area contributed by atoms with E-state index in [1.165, 1.54) is 25.0 Å². The lowest BCUT2D eigenvalue weighted by molar-refractivity contribution is -0.274. The van der Waals surface area contributed by atoms with Gasteiger partial charge in [0.25, 0.3) is 0 Å². The van der Waals surface area contributed by atoms with Crippen LogP contribution in [0.4, 0.5) is 13.2 Å². The summed E-state index contributed by atoms with van der Waals surface area (Å²) in [4.78, 5) is 0. The Labute approximate surface area is 112 Å². The van der Waals surface area contributed by atoms with E-state index in [1.54, 1.807) is 12.1 Å². The number of benzene rings is 1. The maximum Gasteiger partial charge on any atom is 0.573 e. The highest BCUT2D eigenvalue weighted by atomic mass is 19.4. The van der Waals surface area contributed by atoms with Crippen LogP contribution in [0.5, 0.6) is 5.75 Å². The van der Waals surface area contributed by atoms with Crippen molar-refractivity contribution in [2.75, 3.05) is 6.54 Å². The Morgan fingerprint density at radius 1 is 1.16 bits per heavy atom. The number of hydrogen-bond donors (Lipinski definition) is 1. The Morgan fingerprint density at radius 3 is 2.32 bits per heavy atom. The maximum absolute atomic E-state index is 12.0. The molecule has 0 saturated heterocycles. The van der Waals surface area contributed by atoms with Gasteiger partial charge >= 0.3 is 6.36 Å². The van der Waals surface area contributed by atoms with Gasteiger partial charge in [-0.3, -0.25) is 0 Å². The number of alkyl halides is 3. The Bertz CT molecular complexity index is 362. The minimum absolute atomic E-state index is 0.122. The molecule has 1 aromatic rings. The Balaban J connectivity index is 2.46. The summed E-state index contributed by atoms with van der Waals surface area (Å²) in [5.74, 6) is -0.186. The van der Waals surface area contributed by atoms with Gasteiger partial charge in [-0.2, -0.15) is 0 Å². The highest BCUT2D eigenvalue weighted by molar-refractivity contribution is 5.29. The molecule has 0 spiro atoms. The maximum atomic E-state index is 12.0. The van der Waals surface area contributed by atoms with Crippen molar-refractivity contribution in [3.8, 4) is 5.75 Å². The van der Waals surface area contributed by atoms with E-state index in [0.29, 0.717) is 0 Å². The fourth-order valence-electron chi connectivity index (χ4n) is 1.77. The molecule has 0 aliphatic rings. The van der Waals surface area contributed by atoms with Crippen LogP contribution in [0.1, 0.15) is 44.7 Å². The normalized spacial score (nSPS) is 13.3. The van der Waals surface area contributed by atoms with Crippen LogP contribution in [0, 0.1) is 0 Å². The molecule has 1 N–H and O–H groups in total. The van der Waals surface area contributed by atoms with Crippen molar-refractivity contribution in [1.29, 1.82) is 0 Å². The zero-order valence-corrected chi connectivity index (χ0v) is 11.3. The van der Waals surface area contributed by atoms with Gasteiger partial charge in [0.15, 0.2) is 0 Å². The van der Waals surface area contributed by atoms with Crippen molar-refractivity contribution < 1.29 is 17.9 Å². The Morgan fingerprint density at radius 2 is 1.79 bits per heavy atom. The van der Waals surface area contributed by atoms with Crippen LogP contribution < -0.4 is 10.1 Å². The molecule has 0 aromatic heterocycles. The lowest BCUT2D eigenvalue weighted by Crippen LogP contribution is -2.20. The summed E-state index contributed by atoms with van der Waals surface area (Å²) in [5.41, 5.74) is 0.950. The molecule has 1 unspecified atom stereocenters. The first-order valence-corrected chi connectivity index (χ1v) is 6.51. The van der Waals surface area contributed by atoms with E-state index in [2.05, 4.69) is 17.0 Å². The number of unbranched alkanes of at least 4 members (excludes halogenated alkanes) is 2. The van der Waals surface area contributed by atoms with Gasteiger partial charge in [0.05, 0.1) is 0 Å². The highest BCUT2D eigenvalue weighted by Gasteiger charge is 2.30. The van der Waals surface area contributed by atoms with Crippen LogP contribution in [0.2, 0.25) is 0 Å². The van der Waals surface area contributed by atoms with Crippen LogP contribution in [-0.4, -0.2) is 12.9 Å². The first-order chi connectivity index (χ1) is 8.92. The number of halogens is 3. The summed E-state index contributed by atoms with van der Waals surface area (Å²) in [7, 11) is 0. The third-order valence-electron chi connectivity index (χ3n) is 2.84. The van der Waals surface area contributed by atoms with Gasteiger partial charge in [-0.05, 0) is 37.6 Å². The second-order valence-electron chi connectivity index (χ2n) is 4.50. The minimum atomic E-state index is -4.63. The molecule has 0 saturated carbocycles. The van der Waals surface area contributed by atoms with Gasteiger partial charge in [0, 0.05) is 6.04 Å². The molecule has 0 fully saturated rings. The molecule has 0 aliphatic heterocycles. The standard InChI is InChI=1S/C14H20F3NO/c1-3-4-5-10-18-11(2)12-6-8-13(9-7-12)19-14(15,16)17/h6-9,11,18H,3-5,10H2,1-2H3. The number of nitrogens with one attached hydrogen (secondary N) is 1. The van der Waals surface area contributed by atoms with Gasteiger partial charge in [0.1, 0.15) is 5.75 Å². The second-order valence-corrected chi connectivity index (χ2v) is 4.50. The average molecular weight is 275 g/mol. The summed E-state index contributed by atoms with van der Waals surface area (Å²) < 4.78 is 39.8. The zero-order valence-electron chi connectivity index (χ0n) is 11.3. The molecule has 1 rings (SSSR count). The number of ether oxygens (including phenoxy) is 1. The lowest BCUT2D eigenvalue weighted by atomic mass is 10.1. The van der Waals surface area contributed by atoms with Crippen molar-refractivity contribution in [1.82, 2.24) is 5.32 Å². The second kappa shape index (κ2) is 7.38. The molecular weight excluding hydrogens is 255 g/mol. The van der Waals surface area contributed by atoms with Crippen LogP contribution in [-0.2, 0) is 0 Å². The quantitative estimate of drug-likeness (QED) is 0.743. The largest absolute Gasteiger partial charge is 0.573 e. The van der Waals surface area contributed by atoms with Crippen LogP contribution in [0.3, 0.4) is 0 Å². The van der Waals surface area contributed by atoms with Crippen molar-refractivity contribution in [2.45, 2.75) is 45.5 Å². The fourth-order valence-corrected chi connectivity index (χ4v) is 1.77. The fraction of sp³-hybridized carbons (Fsp3) is 0.571. The van der Waals surface area contributed by atoms with E-state index in [4.69, 9.17) is 0 Å². The summed E-state index contributed by atoms with van der Waals surface area (Å²) >= 11 is 0. The van der Waals surface area contributed by atoms with E-state index in [9.17, 15) is 13.2 Å². The highest BCUT2D eigenvalue weighted by Crippen LogP contribution is 2.24. The van der Waals surface area contributed by atoms with E-state index in [1.807, 2.05) is 6.92 Å². The van der Waals surface area contributed by atoms with Crippen LogP contribution in [0.15, 0.2) is 24.3 Å². The summed E-state index contributed by atoms with van der Waals surface area (Å²) in [5, 5.41) is 3.34. The first-order valence-electron chi connectivity index (χ1n) is 6.51. The molecule has 0 radical (unpaired) electrons. The van der Waals surface area contributed by atoms with Gasteiger partial charge < -0.3 is 10.1 Å². The molecule has 2 nitrogen and oxygen atoms in total. The first kappa shape index (κ1) is 15.8. The van der Waals surface area contributed by atoms with E-state index < -0.39 is 6.36 Å². The molecule has 0 aliphatic carbocycles. The van der Waals surface area contributed by atoms with Crippen molar-refractivity contribution in [2.24, 2.45) is 0 Å². The van der Waals surface area contributed by atoms with E-state index >= 15 is 0 Å². The van der Waals surface area contributed by atoms with E-state index in [0.717, 1.165) is 18.5 Å². The molecule has 1 atom stereocenters. The molecular formula is C14H20F3NO. The molecule has 108 valence electrons. The third kappa shape index (κ3) is 6.47. The predicted molar refractivity (Wildman–Crippen MR) is 69.1 cm³/mol. The molecule has 0 heterocycles. The monoisotopic (exact) mass is 275 g/mol. The number of rotatable bonds is 7. The van der Waals surface area contributed by atoms with E-state index in [-0.39, 0.29) is 11.8 Å². The minimum Gasteiger partial charge on any atom is -0.406 e. The van der Waals surface area contributed by atoms with Gasteiger partial charge in [0.2, 0.25) is 0 Å². The van der Waals surface area contributed by atoms with Crippen LogP contribution >= 0.6 is 0 Å². The SMILES string of the molecule is CCCCCNC(C)c1ccc(OC(F)(F)F)cc1. The number of hydrogen-bond acceptors (Lipinski definition) is 2. The average Bonchev–Trinajstić information content (AvgIpc) is 2.33. The lowest BCUT2D eigenvalue weighted by Gasteiger charge is -2.15. The molecule has 0 amide bonds. The molecule has 5 heteroatoms. The summed E-state index contributed by atoms with van der Waals surface area (Å²) in [6.45, 7) is 5.05. The van der Waals surface area contributed by atoms with Gasteiger partial charge in [-0.1, -0.05) is 31.9 Å². The van der Waals surface area contributed by atoms with Gasteiger partial charge in [-0.25, -0.2) is 0 Å². The molecule has 0 bridgehead atoms. The van der Waals surface area contributed by atoms with Crippen molar-refractivity contribution in [3.63, 3.8) is 0 Å². The molecule has 19 heavy (non-hydrogen) atoms. The summed E-state index contributed by atoms with van der Waals surface area (Å²) in [6.07, 6.45) is -1.18. The van der Waals surface area contributed by atoms with Crippen LogP contribution in [0.25, 0.3) is 0 Å². The molecule has 1 aromatic carbocycles. The zero-order chi connectivity index (χ0) is 14.3. The van der Waals surface area contributed by atoms with Gasteiger partial charge in [-0.15, -0.1) is 13.2 Å². The van der Waals surface area contributed by atoms with Crippen molar-refractivity contribution >= 4 is 0 Å².